The number of benzene rings is 2. The number of hydrogen-bond acceptors (Lipinski definition) is 5. The molecule has 8 heteroatoms. The molecule has 2 aromatic carbocycles. The van der Waals surface area contributed by atoms with Gasteiger partial charge in [0.1, 0.15) is 0 Å². The van der Waals surface area contributed by atoms with E-state index in [1.807, 2.05) is 0 Å². The summed E-state index contributed by atoms with van der Waals surface area (Å²) < 4.78 is 11.5. The number of amides is 1. The average molecular weight is 395 g/mol. The van der Waals surface area contributed by atoms with Gasteiger partial charge in [-0.3, -0.25) is 14.9 Å². The third kappa shape index (κ3) is 4.45. The molecule has 2 aromatic rings. The molecule has 0 aliphatic rings. The molecular formula is C16H15BrN2O5. The monoisotopic (exact) mass is 394 g/mol. The van der Waals surface area contributed by atoms with E-state index < -0.39 is 11.0 Å². The third-order valence-electron chi connectivity index (χ3n) is 3.14. The van der Waals surface area contributed by atoms with Crippen LogP contribution in [0.4, 0.5) is 11.4 Å². The Hall–Kier alpha value is -2.61. The van der Waals surface area contributed by atoms with Crippen molar-refractivity contribution < 1.29 is 19.2 Å². The van der Waals surface area contributed by atoms with E-state index in [4.69, 9.17) is 9.47 Å². The quantitative estimate of drug-likeness (QED) is 0.594. The molecule has 1 amide bonds. The highest BCUT2D eigenvalue weighted by molar-refractivity contribution is 9.10. The number of ether oxygens (including phenoxy) is 2. The number of non-ortho nitro benzene ring substituents is 1. The second-order valence-electron chi connectivity index (χ2n) is 4.85. The SMILES string of the molecule is COc1ccc([N+](=O)[O-])cc1O[C@@H](C)C(=O)Nc1ccc(Br)cc1. The topological polar surface area (TPSA) is 90.7 Å². The van der Waals surface area contributed by atoms with Gasteiger partial charge in [0.15, 0.2) is 17.6 Å². The Morgan fingerprint density at radius 3 is 2.46 bits per heavy atom. The molecule has 0 aromatic heterocycles. The summed E-state index contributed by atoms with van der Waals surface area (Å²) in [6.45, 7) is 1.55. The molecule has 0 fully saturated rings. The van der Waals surface area contributed by atoms with E-state index in [9.17, 15) is 14.9 Å². The van der Waals surface area contributed by atoms with E-state index in [0.717, 1.165) is 4.47 Å². The van der Waals surface area contributed by atoms with E-state index in [1.165, 1.54) is 25.3 Å². The van der Waals surface area contributed by atoms with E-state index in [0.29, 0.717) is 11.4 Å². The van der Waals surface area contributed by atoms with E-state index in [1.54, 1.807) is 31.2 Å². The molecule has 0 radical (unpaired) electrons. The number of halogens is 1. The van der Waals surface area contributed by atoms with Crippen LogP contribution in [-0.2, 0) is 4.79 Å². The first-order valence-electron chi connectivity index (χ1n) is 6.96. The molecule has 0 saturated heterocycles. The zero-order valence-electron chi connectivity index (χ0n) is 13.0. The molecule has 0 aliphatic heterocycles. The molecule has 0 heterocycles. The smallest absolute Gasteiger partial charge is 0.273 e. The normalized spacial score (nSPS) is 11.5. The summed E-state index contributed by atoms with van der Waals surface area (Å²) in [6.07, 6.45) is -0.871. The number of anilines is 1. The Labute approximate surface area is 146 Å². The van der Waals surface area contributed by atoms with Crippen molar-refractivity contribution in [3.05, 3.63) is 57.1 Å². The zero-order valence-corrected chi connectivity index (χ0v) is 14.6. The van der Waals surface area contributed by atoms with E-state index in [2.05, 4.69) is 21.2 Å². The highest BCUT2D eigenvalue weighted by Gasteiger charge is 2.19. The summed E-state index contributed by atoms with van der Waals surface area (Å²) in [7, 11) is 1.42. The van der Waals surface area contributed by atoms with Crippen LogP contribution in [-0.4, -0.2) is 24.0 Å². The van der Waals surface area contributed by atoms with Crippen LogP contribution in [0.2, 0.25) is 0 Å². The molecule has 24 heavy (non-hydrogen) atoms. The number of nitrogens with one attached hydrogen (secondary N) is 1. The molecule has 1 N–H and O–H groups in total. The predicted molar refractivity (Wildman–Crippen MR) is 92.5 cm³/mol. The van der Waals surface area contributed by atoms with Crippen molar-refractivity contribution in [1.82, 2.24) is 0 Å². The van der Waals surface area contributed by atoms with Gasteiger partial charge in [0.2, 0.25) is 0 Å². The lowest BCUT2D eigenvalue weighted by atomic mass is 10.2. The highest BCUT2D eigenvalue weighted by Crippen LogP contribution is 2.32. The lowest BCUT2D eigenvalue weighted by Gasteiger charge is -2.16. The maximum Gasteiger partial charge on any atom is 0.273 e. The number of carbonyl (C=O) groups is 1. The van der Waals surface area contributed by atoms with Crippen LogP contribution in [0.5, 0.6) is 11.5 Å². The number of nitrogens with zero attached hydrogens (tertiary/aromatic N) is 1. The largest absolute Gasteiger partial charge is 0.493 e. The number of nitro groups is 1. The molecule has 0 bridgehead atoms. The standard InChI is InChI=1S/C16H15BrN2O5/c1-10(16(20)18-12-5-3-11(17)4-6-12)24-15-9-13(19(21)22)7-8-14(15)23-2/h3-10H,1-2H3,(H,18,20)/t10-/m0/s1. The summed E-state index contributed by atoms with van der Waals surface area (Å²) in [5.74, 6) is 0.0555. The Kier molecular flexibility index (Phi) is 5.75. The van der Waals surface area contributed by atoms with Gasteiger partial charge in [-0.15, -0.1) is 0 Å². The maximum atomic E-state index is 12.2. The van der Waals surface area contributed by atoms with Gasteiger partial charge in [-0.25, -0.2) is 0 Å². The molecule has 126 valence electrons. The Balaban J connectivity index is 2.11. The second kappa shape index (κ2) is 7.78. The number of nitro benzene ring substituents is 1. The van der Waals surface area contributed by atoms with Crippen molar-refractivity contribution in [2.45, 2.75) is 13.0 Å². The first-order chi connectivity index (χ1) is 11.4. The van der Waals surface area contributed by atoms with Crippen molar-refractivity contribution in [2.75, 3.05) is 12.4 Å². The van der Waals surface area contributed by atoms with Crippen LogP contribution in [0.3, 0.4) is 0 Å². The van der Waals surface area contributed by atoms with Gasteiger partial charge in [-0.2, -0.15) is 0 Å². The van der Waals surface area contributed by atoms with Crippen molar-refractivity contribution >= 4 is 33.2 Å². The van der Waals surface area contributed by atoms with Crippen LogP contribution >= 0.6 is 15.9 Å². The lowest BCUT2D eigenvalue weighted by Crippen LogP contribution is -2.30. The average Bonchev–Trinajstić information content (AvgIpc) is 2.56. The van der Waals surface area contributed by atoms with Crippen LogP contribution < -0.4 is 14.8 Å². The van der Waals surface area contributed by atoms with E-state index >= 15 is 0 Å². The summed E-state index contributed by atoms with van der Waals surface area (Å²) >= 11 is 3.31. The fourth-order valence-electron chi connectivity index (χ4n) is 1.89. The molecule has 1 atom stereocenters. The van der Waals surface area contributed by atoms with Crippen molar-refractivity contribution in [3.63, 3.8) is 0 Å². The van der Waals surface area contributed by atoms with Gasteiger partial charge in [0.05, 0.1) is 18.1 Å². The van der Waals surface area contributed by atoms with Gasteiger partial charge >= 0.3 is 0 Å². The first kappa shape index (κ1) is 17.7. The molecule has 0 aliphatic carbocycles. The minimum absolute atomic E-state index is 0.130. The number of rotatable bonds is 6. The lowest BCUT2D eigenvalue weighted by molar-refractivity contribution is -0.385. The van der Waals surface area contributed by atoms with Crippen LogP contribution in [0.1, 0.15) is 6.92 Å². The molecule has 0 spiro atoms. The number of methoxy groups -OCH3 is 1. The molecule has 0 unspecified atom stereocenters. The van der Waals surface area contributed by atoms with Gasteiger partial charge < -0.3 is 14.8 Å². The molecular weight excluding hydrogens is 380 g/mol. The molecule has 2 rings (SSSR count). The van der Waals surface area contributed by atoms with Crippen molar-refractivity contribution in [2.24, 2.45) is 0 Å². The fraction of sp³-hybridized carbons (Fsp3) is 0.188. The Morgan fingerprint density at radius 1 is 1.21 bits per heavy atom. The Bertz CT molecular complexity index is 749. The third-order valence-corrected chi connectivity index (χ3v) is 3.67. The Morgan fingerprint density at radius 2 is 1.88 bits per heavy atom. The van der Waals surface area contributed by atoms with Gasteiger partial charge in [-0.1, -0.05) is 15.9 Å². The maximum absolute atomic E-state index is 12.2. The highest BCUT2D eigenvalue weighted by atomic mass is 79.9. The van der Waals surface area contributed by atoms with Crippen molar-refractivity contribution in [1.29, 1.82) is 0 Å². The first-order valence-corrected chi connectivity index (χ1v) is 7.75. The zero-order chi connectivity index (χ0) is 17.7. The van der Waals surface area contributed by atoms with Gasteiger partial charge in [0, 0.05) is 16.2 Å². The summed E-state index contributed by atoms with van der Waals surface area (Å²) in [5.41, 5.74) is 0.468. The van der Waals surface area contributed by atoms with E-state index in [-0.39, 0.29) is 17.3 Å². The minimum atomic E-state index is -0.871. The number of hydrogen-bond donors (Lipinski definition) is 1. The molecule has 7 nitrogen and oxygen atoms in total. The fourth-order valence-corrected chi connectivity index (χ4v) is 2.16. The minimum Gasteiger partial charge on any atom is -0.493 e. The van der Waals surface area contributed by atoms with Crippen LogP contribution in [0.15, 0.2) is 46.9 Å². The molecule has 0 saturated carbocycles. The van der Waals surface area contributed by atoms with Gasteiger partial charge in [0.25, 0.3) is 11.6 Å². The van der Waals surface area contributed by atoms with Crippen LogP contribution in [0.25, 0.3) is 0 Å². The summed E-state index contributed by atoms with van der Waals surface area (Å²) in [6, 6.07) is 11.0. The number of carbonyl (C=O) groups excluding carboxylic acids is 1. The van der Waals surface area contributed by atoms with Gasteiger partial charge in [-0.05, 0) is 37.3 Å². The van der Waals surface area contributed by atoms with Crippen molar-refractivity contribution in [3.8, 4) is 11.5 Å². The van der Waals surface area contributed by atoms with Crippen LogP contribution in [0, 0.1) is 10.1 Å². The second-order valence-corrected chi connectivity index (χ2v) is 5.76. The summed E-state index contributed by atoms with van der Waals surface area (Å²) in [4.78, 5) is 22.5. The predicted octanol–water partition coefficient (Wildman–Crippen LogP) is 3.77. The summed E-state index contributed by atoms with van der Waals surface area (Å²) in [5, 5.41) is 13.6.